The molecule has 8 nitrogen and oxygen atoms in total. The average molecular weight is 340 g/mol. The third-order valence-electron chi connectivity index (χ3n) is 4.29. The van der Waals surface area contributed by atoms with Gasteiger partial charge < -0.3 is 16.0 Å². The van der Waals surface area contributed by atoms with E-state index in [9.17, 15) is 9.59 Å². The summed E-state index contributed by atoms with van der Waals surface area (Å²) in [4.78, 5) is 38.3. The highest BCUT2D eigenvalue weighted by Crippen LogP contribution is 2.26. The molecule has 0 spiro atoms. The number of nitrogens with two attached hydrogens (primary N) is 1. The number of aromatic nitrogens is 3. The summed E-state index contributed by atoms with van der Waals surface area (Å²) in [6.07, 6.45) is 4.93. The van der Waals surface area contributed by atoms with Crippen molar-refractivity contribution in [3.8, 4) is 0 Å². The highest BCUT2D eigenvalue weighted by atomic mass is 16.2. The van der Waals surface area contributed by atoms with Crippen LogP contribution in [0, 0.1) is 0 Å². The second-order valence-electron chi connectivity index (χ2n) is 5.94. The van der Waals surface area contributed by atoms with Crippen molar-refractivity contribution < 1.29 is 9.59 Å². The standard InChI is InChI=1S/C17H20N6O2/c1-19-15(24)14-5-4-11(9-21-14)16(25)23-8-2-3-12(10-23)13-6-7-20-17(18)22-13/h4-7,9,12H,2-3,8,10H2,1H3,(H,19,24)(H2,18,20,22). The number of anilines is 1. The summed E-state index contributed by atoms with van der Waals surface area (Å²) in [6.45, 7) is 1.26. The second-order valence-corrected chi connectivity index (χ2v) is 5.94. The highest BCUT2D eigenvalue weighted by molar-refractivity contribution is 5.96. The van der Waals surface area contributed by atoms with E-state index < -0.39 is 0 Å². The van der Waals surface area contributed by atoms with E-state index in [-0.39, 0.29) is 29.4 Å². The fraction of sp³-hybridized carbons (Fsp3) is 0.353. The largest absolute Gasteiger partial charge is 0.368 e. The molecule has 1 fully saturated rings. The van der Waals surface area contributed by atoms with Gasteiger partial charge in [-0.25, -0.2) is 9.97 Å². The molecule has 2 aromatic heterocycles. The number of nitrogens with zero attached hydrogens (tertiary/aromatic N) is 4. The van der Waals surface area contributed by atoms with Crippen LogP contribution in [0.25, 0.3) is 0 Å². The maximum Gasteiger partial charge on any atom is 0.269 e. The topological polar surface area (TPSA) is 114 Å². The Hall–Kier alpha value is -3.03. The number of carbonyl (C=O) groups is 2. The summed E-state index contributed by atoms with van der Waals surface area (Å²) < 4.78 is 0. The Morgan fingerprint density at radius 3 is 2.80 bits per heavy atom. The smallest absolute Gasteiger partial charge is 0.269 e. The predicted octanol–water partition coefficient (Wildman–Crippen LogP) is 0.833. The fourth-order valence-corrected chi connectivity index (χ4v) is 2.98. The van der Waals surface area contributed by atoms with Gasteiger partial charge in [0, 0.05) is 38.4 Å². The zero-order valence-corrected chi connectivity index (χ0v) is 14.0. The molecule has 2 aromatic rings. The van der Waals surface area contributed by atoms with E-state index in [1.807, 2.05) is 6.07 Å². The fourth-order valence-electron chi connectivity index (χ4n) is 2.98. The molecule has 0 radical (unpaired) electrons. The molecule has 130 valence electrons. The molecule has 1 saturated heterocycles. The van der Waals surface area contributed by atoms with Crippen LogP contribution in [0.3, 0.4) is 0 Å². The van der Waals surface area contributed by atoms with Gasteiger partial charge in [-0.2, -0.15) is 0 Å². The van der Waals surface area contributed by atoms with Gasteiger partial charge in [0.1, 0.15) is 5.69 Å². The molecule has 25 heavy (non-hydrogen) atoms. The first-order valence-electron chi connectivity index (χ1n) is 8.14. The van der Waals surface area contributed by atoms with Crippen molar-refractivity contribution in [3.63, 3.8) is 0 Å². The molecular formula is C17H20N6O2. The van der Waals surface area contributed by atoms with Crippen LogP contribution in [0.1, 0.15) is 45.3 Å². The summed E-state index contributed by atoms with van der Waals surface area (Å²) in [5, 5.41) is 2.50. The van der Waals surface area contributed by atoms with Crippen molar-refractivity contribution in [3.05, 3.63) is 47.5 Å². The van der Waals surface area contributed by atoms with E-state index in [0.29, 0.717) is 18.7 Å². The summed E-state index contributed by atoms with van der Waals surface area (Å²) in [6, 6.07) is 5.03. The number of carbonyl (C=O) groups excluding carboxylic acids is 2. The lowest BCUT2D eigenvalue weighted by Gasteiger charge is -2.32. The summed E-state index contributed by atoms with van der Waals surface area (Å²) in [7, 11) is 1.54. The highest BCUT2D eigenvalue weighted by Gasteiger charge is 2.26. The van der Waals surface area contributed by atoms with Crippen LogP contribution in [0.4, 0.5) is 5.95 Å². The predicted molar refractivity (Wildman–Crippen MR) is 92.0 cm³/mol. The zero-order valence-electron chi connectivity index (χ0n) is 14.0. The molecule has 0 saturated carbocycles. The van der Waals surface area contributed by atoms with Gasteiger partial charge in [-0.3, -0.25) is 14.6 Å². The Morgan fingerprint density at radius 1 is 1.28 bits per heavy atom. The van der Waals surface area contributed by atoms with Crippen LogP contribution in [0.2, 0.25) is 0 Å². The third-order valence-corrected chi connectivity index (χ3v) is 4.29. The monoisotopic (exact) mass is 340 g/mol. The first kappa shape index (κ1) is 16.8. The van der Waals surface area contributed by atoms with Crippen molar-refractivity contribution in [1.29, 1.82) is 0 Å². The summed E-state index contributed by atoms with van der Waals surface area (Å²) >= 11 is 0. The lowest BCUT2D eigenvalue weighted by molar-refractivity contribution is 0.0705. The van der Waals surface area contributed by atoms with Crippen molar-refractivity contribution in [2.75, 3.05) is 25.9 Å². The van der Waals surface area contributed by atoms with Gasteiger partial charge in [0.05, 0.1) is 11.3 Å². The minimum atomic E-state index is -0.279. The molecular weight excluding hydrogens is 320 g/mol. The Morgan fingerprint density at radius 2 is 2.12 bits per heavy atom. The van der Waals surface area contributed by atoms with Crippen LogP contribution in [0.15, 0.2) is 30.6 Å². The Kier molecular flexibility index (Phi) is 4.87. The zero-order chi connectivity index (χ0) is 17.8. The Bertz CT molecular complexity index is 777. The minimum absolute atomic E-state index is 0.0947. The molecule has 0 bridgehead atoms. The van der Waals surface area contributed by atoms with Crippen LogP contribution in [-0.4, -0.2) is 51.8 Å². The van der Waals surface area contributed by atoms with Gasteiger partial charge in [-0.1, -0.05) is 0 Å². The number of piperidine rings is 1. The number of rotatable bonds is 3. The minimum Gasteiger partial charge on any atom is -0.368 e. The molecule has 0 aliphatic carbocycles. The van der Waals surface area contributed by atoms with Gasteiger partial charge in [0.15, 0.2) is 0 Å². The molecule has 2 amide bonds. The molecule has 3 heterocycles. The lowest BCUT2D eigenvalue weighted by atomic mass is 9.94. The first-order chi connectivity index (χ1) is 12.1. The van der Waals surface area contributed by atoms with Crippen LogP contribution < -0.4 is 11.1 Å². The number of nitrogens with one attached hydrogen (secondary N) is 1. The van der Waals surface area contributed by atoms with Gasteiger partial charge in [-0.05, 0) is 31.0 Å². The Balaban J connectivity index is 1.72. The summed E-state index contributed by atoms with van der Waals surface area (Å²) in [5.74, 6) is 0.0112. The van der Waals surface area contributed by atoms with E-state index in [2.05, 4.69) is 20.3 Å². The van der Waals surface area contributed by atoms with Crippen molar-refractivity contribution in [1.82, 2.24) is 25.2 Å². The van der Waals surface area contributed by atoms with E-state index >= 15 is 0 Å². The molecule has 1 aliphatic rings. The van der Waals surface area contributed by atoms with Crippen LogP contribution >= 0.6 is 0 Å². The normalized spacial score (nSPS) is 17.2. The van der Waals surface area contributed by atoms with Crippen LogP contribution in [-0.2, 0) is 0 Å². The number of nitrogen functional groups attached to an aromatic ring is 1. The van der Waals surface area contributed by atoms with Crippen molar-refractivity contribution in [2.24, 2.45) is 0 Å². The molecule has 0 aromatic carbocycles. The number of likely N-dealkylation sites (tertiary alicyclic amines) is 1. The number of amides is 2. The average Bonchev–Trinajstić information content (AvgIpc) is 2.67. The van der Waals surface area contributed by atoms with E-state index in [4.69, 9.17) is 5.73 Å². The molecule has 3 N–H and O–H groups in total. The summed E-state index contributed by atoms with van der Waals surface area (Å²) in [5.41, 5.74) is 7.27. The number of hydrogen-bond acceptors (Lipinski definition) is 6. The SMILES string of the molecule is CNC(=O)c1ccc(C(=O)N2CCCC(c3ccnc(N)n3)C2)cn1. The van der Waals surface area contributed by atoms with Gasteiger partial charge >= 0.3 is 0 Å². The third kappa shape index (κ3) is 3.73. The number of pyridine rings is 1. The maximum absolute atomic E-state index is 12.7. The molecule has 8 heteroatoms. The molecule has 1 atom stereocenters. The molecule has 1 aliphatic heterocycles. The van der Waals surface area contributed by atoms with Crippen LogP contribution in [0.5, 0.6) is 0 Å². The van der Waals surface area contributed by atoms with Gasteiger partial charge in [0.25, 0.3) is 11.8 Å². The second kappa shape index (κ2) is 7.25. The molecule has 1 unspecified atom stereocenters. The molecule has 3 rings (SSSR count). The van der Waals surface area contributed by atoms with E-state index in [1.165, 1.54) is 13.2 Å². The van der Waals surface area contributed by atoms with E-state index in [0.717, 1.165) is 18.5 Å². The quantitative estimate of drug-likeness (QED) is 0.855. The van der Waals surface area contributed by atoms with Crippen molar-refractivity contribution >= 4 is 17.8 Å². The van der Waals surface area contributed by atoms with Crippen molar-refractivity contribution in [2.45, 2.75) is 18.8 Å². The maximum atomic E-state index is 12.7. The first-order valence-corrected chi connectivity index (χ1v) is 8.14. The lowest BCUT2D eigenvalue weighted by Crippen LogP contribution is -2.39. The number of hydrogen-bond donors (Lipinski definition) is 2. The van der Waals surface area contributed by atoms with Gasteiger partial charge in [0.2, 0.25) is 5.95 Å². The van der Waals surface area contributed by atoms with E-state index in [1.54, 1.807) is 23.2 Å². The van der Waals surface area contributed by atoms with Gasteiger partial charge in [-0.15, -0.1) is 0 Å². The Labute approximate surface area is 145 Å².